The van der Waals surface area contributed by atoms with Crippen LogP contribution < -0.4 is 16.2 Å². The van der Waals surface area contributed by atoms with Crippen molar-refractivity contribution in [3.05, 3.63) is 38.2 Å². The molecular formula is C28H39Br2N5O7. The lowest BCUT2D eigenvalue weighted by Crippen LogP contribution is -2.59. The third-order valence-electron chi connectivity index (χ3n) is 7.17. The SMILES string of the molecule is C=C[C@@H]1C[C@]1(NC(=O)[C@@H]1C[C@@H](n2ncc(Br)c(Br)c2=O)CN1C(=O)[C@@H](NC(=O)OC(C)(C)C)C(C)(C)C)C(=O)OCC. The average Bonchev–Trinajstić information content (AvgIpc) is 3.41. The first kappa shape index (κ1) is 33.8. The fourth-order valence-corrected chi connectivity index (χ4v) is 5.52. The van der Waals surface area contributed by atoms with Crippen molar-refractivity contribution in [2.24, 2.45) is 11.3 Å². The predicted octanol–water partition coefficient (Wildman–Crippen LogP) is 3.47. The zero-order valence-electron chi connectivity index (χ0n) is 25.0. The van der Waals surface area contributed by atoms with Crippen molar-refractivity contribution in [3.63, 3.8) is 0 Å². The minimum atomic E-state index is -1.28. The zero-order valence-corrected chi connectivity index (χ0v) is 28.1. The summed E-state index contributed by atoms with van der Waals surface area (Å²) in [7, 11) is 0. The molecule has 1 aromatic rings. The molecular weight excluding hydrogens is 678 g/mol. The molecule has 0 unspecified atom stereocenters. The highest BCUT2D eigenvalue weighted by Gasteiger charge is 2.62. The lowest BCUT2D eigenvalue weighted by atomic mass is 9.85. The van der Waals surface area contributed by atoms with E-state index < -0.39 is 64.1 Å². The van der Waals surface area contributed by atoms with Gasteiger partial charge in [0.05, 0.1) is 23.3 Å². The van der Waals surface area contributed by atoms with Gasteiger partial charge in [0.1, 0.15) is 27.7 Å². The van der Waals surface area contributed by atoms with Gasteiger partial charge < -0.3 is 25.0 Å². The molecule has 1 aliphatic heterocycles. The van der Waals surface area contributed by atoms with Crippen molar-refractivity contribution in [3.8, 4) is 0 Å². The number of nitrogens with one attached hydrogen (secondary N) is 2. The number of esters is 1. The number of ether oxygens (including phenoxy) is 2. The monoisotopic (exact) mass is 715 g/mol. The molecule has 1 aromatic heterocycles. The van der Waals surface area contributed by atoms with Crippen LogP contribution in [0.25, 0.3) is 0 Å². The Kier molecular flexibility index (Phi) is 10.0. The Morgan fingerprint density at radius 2 is 1.86 bits per heavy atom. The number of likely N-dealkylation sites (tertiary alicyclic amines) is 1. The van der Waals surface area contributed by atoms with Gasteiger partial charge in [-0.05, 0) is 71.4 Å². The summed E-state index contributed by atoms with van der Waals surface area (Å²) in [6.07, 6.45) is 2.61. The maximum atomic E-state index is 14.2. The van der Waals surface area contributed by atoms with Crippen molar-refractivity contribution in [2.75, 3.05) is 13.2 Å². The number of hydrogen-bond donors (Lipinski definition) is 2. The van der Waals surface area contributed by atoms with Crippen molar-refractivity contribution in [1.29, 1.82) is 0 Å². The molecule has 3 amide bonds. The second-order valence-electron chi connectivity index (χ2n) is 12.6. The molecule has 0 radical (unpaired) electrons. The lowest BCUT2D eigenvalue weighted by molar-refractivity contribution is -0.150. The van der Waals surface area contributed by atoms with Crippen LogP contribution in [-0.2, 0) is 23.9 Å². The summed E-state index contributed by atoms with van der Waals surface area (Å²) in [6, 6.07) is -2.83. The topological polar surface area (TPSA) is 149 Å². The van der Waals surface area contributed by atoms with Gasteiger partial charge in [0, 0.05) is 18.9 Å². The van der Waals surface area contributed by atoms with Crippen LogP contribution in [0.2, 0.25) is 0 Å². The van der Waals surface area contributed by atoms with E-state index >= 15 is 0 Å². The number of halogens is 2. The molecule has 12 nitrogen and oxygen atoms in total. The first-order valence-corrected chi connectivity index (χ1v) is 15.3. The van der Waals surface area contributed by atoms with Gasteiger partial charge in [-0.15, -0.1) is 6.58 Å². The highest BCUT2D eigenvalue weighted by atomic mass is 79.9. The third-order valence-corrected chi connectivity index (χ3v) is 9.07. The van der Waals surface area contributed by atoms with E-state index in [1.807, 2.05) is 0 Å². The number of alkyl carbamates (subject to hydrolysis) is 1. The molecule has 1 saturated heterocycles. The van der Waals surface area contributed by atoms with E-state index in [0.29, 0.717) is 10.9 Å². The Labute approximate surface area is 262 Å². The van der Waals surface area contributed by atoms with Crippen LogP contribution in [0.4, 0.5) is 4.79 Å². The van der Waals surface area contributed by atoms with Crippen LogP contribution in [0.15, 0.2) is 32.6 Å². The molecule has 1 aliphatic carbocycles. The number of amides is 3. The lowest BCUT2D eigenvalue weighted by Gasteiger charge is -2.36. The molecule has 0 bridgehead atoms. The van der Waals surface area contributed by atoms with Crippen molar-refractivity contribution in [1.82, 2.24) is 25.3 Å². The van der Waals surface area contributed by atoms with E-state index in [2.05, 4.69) is 54.2 Å². The van der Waals surface area contributed by atoms with E-state index in [1.54, 1.807) is 54.5 Å². The molecule has 5 atom stereocenters. The highest BCUT2D eigenvalue weighted by molar-refractivity contribution is 9.13. The molecule has 14 heteroatoms. The molecule has 2 N–H and O–H groups in total. The van der Waals surface area contributed by atoms with Crippen LogP contribution in [0, 0.1) is 11.3 Å². The Balaban J connectivity index is 2.00. The third kappa shape index (κ3) is 7.24. The van der Waals surface area contributed by atoms with E-state index in [1.165, 1.54) is 15.8 Å². The number of hydrogen-bond acceptors (Lipinski definition) is 8. The van der Waals surface area contributed by atoms with Gasteiger partial charge in [0.2, 0.25) is 11.8 Å². The predicted molar refractivity (Wildman–Crippen MR) is 161 cm³/mol. The summed E-state index contributed by atoms with van der Waals surface area (Å²) in [5.41, 5.74) is -3.31. The maximum absolute atomic E-state index is 14.2. The van der Waals surface area contributed by atoms with Gasteiger partial charge in [0.25, 0.3) is 5.56 Å². The highest BCUT2D eigenvalue weighted by Crippen LogP contribution is 2.46. The van der Waals surface area contributed by atoms with Gasteiger partial charge in [-0.2, -0.15) is 5.10 Å². The van der Waals surface area contributed by atoms with Crippen molar-refractivity contribution in [2.45, 2.75) is 90.6 Å². The Hall–Kier alpha value is -2.74. The molecule has 42 heavy (non-hydrogen) atoms. The smallest absolute Gasteiger partial charge is 0.408 e. The minimum Gasteiger partial charge on any atom is -0.464 e. The summed E-state index contributed by atoms with van der Waals surface area (Å²) in [4.78, 5) is 68.0. The first-order valence-electron chi connectivity index (χ1n) is 13.7. The number of carbonyl (C=O) groups excluding carboxylic acids is 4. The second kappa shape index (κ2) is 12.5. The van der Waals surface area contributed by atoms with Crippen molar-refractivity contribution >= 4 is 55.7 Å². The van der Waals surface area contributed by atoms with E-state index in [9.17, 15) is 24.0 Å². The summed E-state index contributed by atoms with van der Waals surface area (Å²) in [5, 5.41) is 9.73. The molecule has 3 rings (SSSR count). The summed E-state index contributed by atoms with van der Waals surface area (Å²) < 4.78 is 12.6. The van der Waals surface area contributed by atoms with Gasteiger partial charge in [0.15, 0.2) is 0 Å². The molecule has 1 saturated carbocycles. The Morgan fingerprint density at radius 3 is 2.38 bits per heavy atom. The van der Waals surface area contributed by atoms with E-state index in [4.69, 9.17) is 9.47 Å². The number of nitrogens with zero attached hydrogens (tertiary/aromatic N) is 3. The Bertz CT molecular complexity index is 1320. The largest absolute Gasteiger partial charge is 0.464 e. The molecule has 0 aromatic carbocycles. The van der Waals surface area contributed by atoms with E-state index in [-0.39, 0.29) is 30.0 Å². The van der Waals surface area contributed by atoms with Crippen LogP contribution >= 0.6 is 31.9 Å². The zero-order chi connectivity index (χ0) is 31.8. The first-order chi connectivity index (χ1) is 19.4. The van der Waals surface area contributed by atoms with Crippen LogP contribution in [0.3, 0.4) is 0 Å². The van der Waals surface area contributed by atoms with E-state index in [0.717, 1.165) is 0 Å². The molecule has 232 valence electrons. The van der Waals surface area contributed by atoms with Crippen LogP contribution in [-0.4, -0.2) is 74.9 Å². The standard InChI is InChI=1S/C28H39Br2N5O7/c1-9-15-12-28(15,24(39)41-10-2)33-21(36)18-11-16(35-22(37)19(30)17(29)13-31-35)14-34(18)23(38)20(26(3,4)5)32-25(40)42-27(6,7)8/h9,13,15-16,18,20H,1,10-12,14H2,2-8H3,(H,32,40)(H,33,36)/t15-,16-,18+,20-,28-/m1/s1. The number of aromatic nitrogens is 2. The quantitative estimate of drug-likeness (QED) is 0.307. The second-order valence-corrected chi connectivity index (χ2v) is 14.3. The maximum Gasteiger partial charge on any atom is 0.408 e. The van der Waals surface area contributed by atoms with Crippen LogP contribution in [0.5, 0.6) is 0 Å². The van der Waals surface area contributed by atoms with Crippen molar-refractivity contribution < 1.29 is 28.7 Å². The van der Waals surface area contributed by atoms with Gasteiger partial charge in [-0.3, -0.25) is 14.4 Å². The molecule has 2 heterocycles. The summed E-state index contributed by atoms with van der Waals surface area (Å²) in [6.45, 7) is 16.0. The fourth-order valence-electron chi connectivity index (χ4n) is 4.97. The fraction of sp³-hybridized carbons (Fsp3) is 0.643. The molecule has 0 spiro atoms. The molecule has 2 fully saturated rings. The molecule has 2 aliphatic rings. The van der Waals surface area contributed by atoms with Crippen LogP contribution in [0.1, 0.15) is 67.3 Å². The number of carbonyl (C=O) groups is 4. The minimum absolute atomic E-state index is 0.0412. The number of rotatable bonds is 8. The summed E-state index contributed by atoms with van der Waals surface area (Å²) >= 11 is 6.52. The van der Waals surface area contributed by atoms with Gasteiger partial charge in [-0.1, -0.05) is 26.8 Å². The summed E-state index contributed by atoms with van der Waals surface area (Å²) in [5.74, 6) is -2.03. The average molecular weight is 717 g/mol. The Morgan fingerprint density at radius 1 is 1.21 bits per heavy atom. The van der Waals surface area contributed by atoms with Gasteiger partial charge >= 0.3 is 12.1 Å². The normalized spacial score (nSPS) is 24.4. The van der Waals surface area contributed by atoms with Gasteiger partial charge in [-0.25, -0.2) is 14.3 Å².